The summed E-state index contributed by atoms with van der Waals surface area (Å²) in [7, 11) is 0. The van der Waals surface area contributed by atoms with E-state index in [0.717, 1.165) is 58.8 Å². The van der Waals surface area contributed by atoms with E-state index in [1.807, 2.05) is 6.20 Å². The van der Waals surface area contributed by atoms with Crippen LogP contribution in [-0.2, 0) is 17.8 Å². The third-order valence-corrected chi connectivity index (χ3v) is 4.37. The van der Waals surface area contributed by atoms with Crippen molar-refractivity contribution >= 4 is 0 Å². The van der Waals surface area contributed by atoms with E-state index in [0.29, 0.717) is 0 Å². The summed E-state index contributed by atoms with van der Waals surface area (Å²) in [6.07, 6.45) is 6.15. The molecule has 2 aliphatic heterocycles. The van der Waals surface area contributed by atoms with Crippen LogP contribution in [0, 0.1) is 5.41 Å². The van der Waals surface area contributed by atoms with Crippen LogP contribution in [0.4, 0.5) is 0 Å². The van der Waals surface area contributed by atoms with Crippen molar-refractivity contribution in [2.75, 3.05) is 32.8 Å². The van der Waals surface area contributed by atoms with Crippen LogP contribution >= 0.6 is 0 Å². The van der Waals surface area contributed by atoms with Gasteiger partial charge in [0.25, 0.3) is 0 Å². The van der Waals surface area contributed by atoms with Crippen LogP contribution in [0.15, 0.2) is 12.4 Å². The molecule has 2 aliphatic rings. The summed E-state index contributed by atoms with van der Waals surface area (Å²) in [4.78, 5) is 6.91. The molecule has 1 aromatic heterocycles. The number of imidazole rings is 1. The third-order valence-electron chi connectivity index (χ3n) is 4.37. The first-order valence-electron chi connectivity index (χ1n) is 6.82. The number of hydrogen-bond donors (Lipinski definition) is 1. The maximum Gasteiger partial charge on any atom is 0.122 e. The normalized spacial score (nSPS) is 23.8. The second-order valence-corrected chi connectivity index (χ2v) is 5.56. The Bertz CT molecular complexity index is 397. The lowest BCUT2D eigenvalue weighted by Gasteiger charge is -2.41. The van der Waals surface area contributed by atoms with E-state index in [-0.39, 0.29) is 5.41 Å². The van der Waals surface area contributed by atoms with Gasteiger partial charge in [-0.1, -0.05) is 0 Å². The second kappa shape index (κ2) is 4.99. The minimum Gasteiger partial charge on any atom is -0.381 e. The maximum absolute atomic E-state index is 6.03. The molecule has 0 amide bonds. The molecule has 1 saturated heterocycles. The van der Waals surface area contributed by atoms with Gasteiger partial charge in [0.05, 0.1) is 6.54 Å². The van der Waals surface area contributed by atoms with E-state index in [4.69, 9.17) is 10.5 Å². The monoisotopic (exact) mass is 250 g/mol. The lowest BCUT2D eigenvalue weighted by atomic mass is 9.79. The molecule has 18 heavy (non-hydrogen) atoms. The first-order valence-corrected chi connectivity index (χ1v) is 6.82. The van der Waals surface area contributed by atoms with Crippen molar-refractivity contribution in [3.05, 3.63) is 18.2 Å². The van der Waals surface area contributed by atoms with Crippen molar-refractivity contribution in [3.8, 4) is 0 Å². The minimum atomic E-state index is 0.257. The number of ether oxygens (including phenoxy) is 1. The van der Waals surface area contributed by atoms with Gasteiger partial charge >= 0.3 is 0 Å². The summed E-state index contributed by atoms with van der Waals surface area (Å²) < 4.78 is 7.71. The zero-order valence-corrected chi connectivity index (χ0v) is 10.8. The Labute approximate surface area is 108 Å². The fourth-order valence-electron chi connectivity index (χ4n) is 3.06. The van der Waals surface area contributed by atoms with Crippen molar-refractivity contribution in [1.82, 2.24) is 14.5 Å². The summed E-state index contributed by atoms with van der Waals surface area (Å²) >= 11 is 0. The highest BCUT2D eigenvalue weighted by atomic mass is 16.5. The molecule has 0 aliphatic carbocycles. The third kappa shape index (κ3) is 2.30. The SMILES string of the molecule is NCC1(CN2CCn3ccnc3C2)CCOCC1. The number of nitrogens with zero attached hydrogens (tertiary/aromatic N) is 3. The van der Waals surface area contributed by atoms with Gasteiger partial charge in [0, 0.05) is 45.2 Å². The van der Waals surface area contributed by atoms with Gasteiger partial charge in [0.2, 0.25) is 0 Å². The van der Waals surface area contributed by atoms with Gasteiger partial charge in [-0.15, -0.1) is 0 Å². The molecule has 0 unspecified atom stereocenters. The molecule has 0 aromatic carbocycles. The first-order chi connectivity index (χ1) is 8.81. The van der Waals surface area contributed by atoms with Crippen molar-refractivity contribution in [3.63, 3.8) is 0 Å². The fraction of sp³-hybridized carbons (Fsp3) is 0.769. The van der Waals surface area contributed by atoms with Crippen molar-refractivity contribution < 1.29 is 4.74 Å². The maximum atomic E-state index is 6.03. The summed E-state index contributed by atoms with van der Waals surface area (Å²) in [6.45, 7) is 6.68. The number of fused-ring (bicyclic) bond motifs is 1. The molecule has 100 valence electrons. The zero-order valence-electron chi connectivity index (χ0n) is 10.8. The van der Waals surface area contributed by atoms with Gasteiger partial charge in [-0.05, 0) is 24.8 Å². The molecule has 0 atom stereocenters. The molecule has 1 fully saturated rings. The average molecular weight is 250 g/mol. The van der Waals surface area contributed by atoms with Gasteiger partial charge in [-0.3, -0.25) is 4.90 Å². The topological polar surface area (TPSA) is 56.3 Å². The van der Waals surface area contributed by atoms with Crippen molar-refractivity contribution in [2.45, 2.75) is 25.9 Å². The van der Waals surface area contributed by atoms with E-state index < -0.39 is 0 Å². The van der Waals surface area contributed by atoms with Crippen molar-refractivity contribution in [2.24, 2.45) is 11.1 Å². The highest BCUT2D eigenvalue weighted by Crippen LogP contribution is 2.31. The van der Waals surface area contributed by atoms with Crippen LogP contribution in [0.25, 0.3) is 0 Å². The van der Waals surface area contributed by atoms with E-state index >= 15 is 0 Å². The number of hydrogen-bond acceptors (Lipinski definition) is 4. The Morgan fingerprint density at radius 1 is 1.33 bits per heavy atom. The smallest absolute Gasteiger partial charge is 0.122 e. The Balaban J connectivity index is 1.66. The molecule has 3 rings (SSSR count). The lowest BCUT2D eigenvalue weighted by molar-refractivity contribution is -0.00463. The molecule has 0 bridgehead atoms. The predicted octanol–water partition coefficient (Wildman–Crippen LogP) is 0.454. The van der Waals surface area contributed by atoms with E-state index in [9.17, 15) is 0 Å². The molecule has 0 radical (unpaired) electrons. The minimum absolute atomic E-state index is 0.257. The quantitative estimate of drug-likeness (QED) is 0.846. The molecule has 0 saturated carbocycles. The van der Waals surface area contributed by atoms with Crippen LogP contribution in [-0.4, -0.2) is 47.3 Å². The molecule has 5 heteroatoms. The summed E-state index contributed by atoms with van der Waals surface area (Å²) in [5.74, 6) is 1.18. The van der Waals surface area contributed by atoms with Gasteiger partial charge < -0.3 is 15.0 Å². The number of nitrogens with two attached hydrogens (primary N) is 1. The summed E-state index contributed by atoms with van der Waals surface area (Å²) in [6, 6.07) is 0. The van der Waals surface area contributed by atoms with Gasteiger partial charge in [0.15, 0.2) is 0 Å². The van der Waals surface area contributed by atoms with E-state index in [2.05, 4.69) is 20.6 Å². The molecule has 3 heterocycles. The standard InChI is InChI=1S/C13H22N4O/c14-10-13(1-7-18-8-2-13)11-16-5-6-17-4-3-15-12(17)9-16/h3-4H,1-2,5-11,14H2. The van der Waals surface area contributed by atoms with Crippen molar-refractivity contribution in [1.29, 1.82) is 0 Å². The van der Waals surface area contributed by atoms with Crippen LogP contribution in [0.3, 0.4) is 0 Å². The van der Waals surface area contributed by atoms with Crippen LogP contribution in [0.5, 0.6) is 0 Å². The van der Waals surface area contributed by atoms with Gasteiger partial charge in [-0.25, -0.2) is 4.98 Å². The summed E-state index contributed by atoms with van der Waals surface area (Å²) in [5, 5.41) is 0. The molecule has 5 nitrogen and oxygen atoms in total. The molecule has 0 spiro atoms. The average Bonchev–Trinajstić information content (AvgIpc) is 2.87. The lowest BCUT2D eigenvalue weighted by Crippen LogP contribution is -2.48. The van der Waals surface area contributed by atoms with Gasteiger partial charge in [-0.2, -0.15) is 0 Å². The predicted molar refractivity (Wildman–Crippen MR) is 69.0 cm³/mol. The first kappa shape index (κ1) is 12.1. The Morgan fingerprint density at radius 3 is 2.94 bits per heavy atom. The molecular weight excluding hydrogens is 228 g/mol. The van der Waals surface area contributed by atoms with Gasteiger partial charge in [0.1, 0.15) is 5.82 Å². The molecular formula is C13H22N4O. The molecule has 2 N–H and O–H groups in total. The van der Waals surface area contributed by atoms with Crippen LogP contribution in [0.1, 0.15) is 18.7 Å². The highest BCUT2D eigenvalue weighted by Gasteiger charge is 2.34. The van der Waals surface area contributed by atoms with Crippen LogP contribution in [0.2, 0.25) is 0 Å². The van der Waals surface area contributed by atoms with Crippen LogP contribution < -0.4 is 5.73 Å². The highest BCUT2D eigenvalue weighted by molar-refractivity contribution is 4.97. The Hall–Kier alpha value is -0.910. The number of aromatic nitrogens is 2. The fourth-order valence-corrected chi connectivity index (χ4v) is 3.06. The van der Waals surface area contributed by atoms with E-state index in [1.54, 1.807) is 0 Å². The zero-order chi connectivity index (χ0) is 12.4. The Morgan fingerprint density at radius 2 is 2.17 bits per heavy atom. The summed E-state index contributed by atoms with van der Waals surface area (Å²) in [5.41, 5.74) is 6.28. The van der Waals surface area contributed by atoms with E-state index in [1.165, 1.54) is 5.82 Å². The second-order valence-electron chi connectivity index (χ2n) is 5.56. The largest absolute Gasteiger partial charge is 0.381 e. The number of rotatable bonds is 3. The molecule has 1 aromatic rings. The Kier molecular flexibility index (Phi) is 3.37.